The summed E-state index contributed by atoms with van der Waals surface area (Å²) in [6, 6.07) is 6.70. The second-order valence-electron chi connectivity index (χ2n) is 6.57. The van der Waals surface area contributed by atoms with Crippen molar-refractivity contribution in [1.82, 2.24) is 9.21 Å². The molecule has 0 saturated carbocycles. The van der Waals surface area contributed by atoms with Gasteiger partial charge in [0.15, 0.2) is 0 Å². The Bertz CT molecular complexity index is 724. The first-order chi connectivity index (χ1) is 12.3. The Hall–Kier alpha value is -1.93. The largest absolute Gasteiger partial charge is 0.481 e. The summed E-state index contributed by atoms with van der Waals surface area (Å²) in [5.41, 5.74) is 0.901. The summed E-state index contributed by atoms with van der Waals surface area (Å²) in [7, 11) is -1.74. The number of benzene rings is 1. The standard InChI is InChI=1S/C18H26N2O5S/c1-19(12-4-5-18(22)23)17(21)11-8-15-6-9-16(10-7-15)26(24,25)20-13-2-3-14-20/h6-7,9-10H,2-5,8,11-14H2,1H3,(H,22,23). The van der Waals surface area contributed by atoms with Crippen molar-refractivity contribution in [3.05, 3.63) is 29.8 Å². The summed E-state index contributed by atoms with van der Waals surface area (Å²) in [5.74, 6) is -0.918. The van der Waals surface area contributed by atoms with Crippen molar-refractivity contribution in [3.63, 3.8) is 0 Å². The molecule has 0 aromatic heterocycles. The Balaban J connectivity index is 1.85. The second kappa shape index (κ2) is 9.14. The van der Waals surface area contributed by atoms with Crippen LogP contribution in [0.5, 0.6) is 0 Å². The fraction of sp³-hybridized carbons (Fsp3) is 0.556. The minimum atomic E-state index is -3.41. The van der Waals surface area contributed by atoms with Crippen LogP contribution in [0.25, 0.3) is 0 Å². The predicted octanol–water partition coefficient (Wildman–Crippen LogP) is 1.73. The van der Waals surface area contributed by atoms with Crippen molar-refractivity contribution in [3.8, 4) is 0 Å². The molecule has 0 aliphatic carbocycles. The lowest BCUT2D eigenvalue weighted by Crippen LogP contribution is -2.28. The van der Waals surface area contributed by atoms with Gasteiger partial charge < -0.3 is 10.0 Å². The van der Waals surface area contributed by atoms with Crippen molar-refractivity contribution in [2.45, 2.75) is 43.4 Å². The van der Waals surface area contributed by atoms with Gasteiger partial charge in [0.1, 0.15) is 0 Å². The molecule has 144 valence electrons. The van der Waals surface area contributed by atoms with Gasteiger partial charge in [-0.1, -0.05) is 12.1 Å². The van der Waals surface area contributed by atoms with Crippen molar-refractivity contribution >= 4 is 21.9 Å². The van der Waals surface area contributed by atoms with E-state index in [2.05, 4.69) is 0 Å². The van der Waals surface area contributed by atoms with Crippen LogP contribution in [0.1, 0.15) is 37.7 Å². The lowest BCUT2D eigenvalue weighted by Gasteiger charge is -2.17. The third kappa shape index (κ3) is 5.54. The van der Waals surface area contributed by atoms with Gasteiger partial charge in [-0.05, 0) is 43.4 Å². The van der Waals surface area contributed by atoms with Crippen LogP contribution in [0.2, 0.25) is 0 Å². The van der Waals surface area contributed by atoms with Crippen molar-refractivity contribution in [2.75, 3.05) is 26.7 Å². The molecule has 1 N–H and O–H groups in total. The van der Waals surface area contributed by atoms with E-state index in [9.17, 15) is 18.0 Å². The number of sulfonamides is 1. The van der Waals surface area contributed by atoms with Gasteiger partial charge in [-0.15, -0.1) is 0 Å². The van der Waals surface area contributed by atoms with E-state index in [1.807, 2.05) is 0 Å². The molecule has 1 amide bonds. The number of nitrogens with zero attached hydrogens (tertiary/aromatic N) is 2. The normalized spacial score (nSPS) is 15.1. The highest BCUT2D eigenvalue weighted by Gasteiger charge is 2.26. The van der Waals surface area contributed by atoms with Crippen LogP contribution in [0.3, 0.4) is 0 Å². The Morgan fingerprint density at radius 2 is 1.73 bits per heavy atom. The minimum absolute atomic E-state index is 0.0462. The molecule has 8 heteroatoms. The number of carbonyl (C=O) groups is 2. The van der Waals surface area contributed by atoms with E-state index in [1.54, 1.807) is 31.3 Å². The summed E-state index contributed by atoms with van der Waals surface area (Å²) in [6.07, 6.45) is 3.11. The van der Waals surface area contributed by atoms with Crippen molar-refractivity contribution in [1.29, 1.82) is 0 Å². The smallest absolute Gasteiger partial charge is 0.303 e. The highest BCUT2D eigenvalue weighted by molar-refractivity contribution is 7.89. The fourth-order valence-corrected chi connectivity index (χ4v) is 4.46. The molecule has 2 rings (SSSR count). The van der Waals surface area contributed by atoms with Gasteiger partial charge in [0.25, 0.3) is 0 Å². The summed E-state index contributed by atoms with van der Waals surface area (Å²) in [4.78, 5) is 24.4. The molecule has 0 unspecified atom stereocenters. The molecule has 0 atom stereocenters. The molecular formula is C18H26N2O5S. The molecule has 7 nitrogen and oxygen atoms in total. The third-order valence-corrected chi connectivity index (χ3v) is 6.48. The molecule has 1 heterocycles. The first-order valence-corrected chi connectivity index (χ1v) is 10.3. The number of carboxylic acids is 1. The lowest BCUT2D eigenvalue weighted by molar-refractivity contribution is -0.138. The number of amides is 1. The Morgan fingerprint density at radius 1 is 1.12 bits per heavy atom. The fourth-order valence-electron chi connectivity index (χ4n) is 2.94. The molecule has 0 radical (unpaired) electrons. The van der Waals surface area contributed by atoms with Crippen LogP contribution >= 0.6 is 0 Å². The van der Waals surface area contributed by atoms with Crippen LogP contribution in [0.15, 0.2) is 29.2 Å². The number of hydrogen-bond acceptors (Lipinski definition) is 4. The molecule has 1 fully saturated rings. The van der Waals surface area contributed by atoms with Crippen LogP contribution in [-0.2, 0) is 26.0 Å². The SMILES string of the molecule is CN(CCCC(=O)O)C(=O)CCc1ccc(S(=O)(=O)N2CCCC2)cc1. The molecule has 1 aromatic rings. The van der Waals surface area contributed by atoms with Gasteiger partial charge in [-0.25, -0.2) is 8.42 Å². The van der Waals surface area contributed by atoms with Gasteiger partial charge in [0, 0.05) is 39.5 Å². The molecule has 1 aliphatic heterocycles. The van der Waals surface area contributed by atoms with Crippen LogP contribution in [0.4, 0.5) is 0 Å². The molecule has 1 aliphatic rings. The van der Waals surface area contributed by atoms with Crippen molar-refractivity contribution < 1.29 is 23.1 Å². The maximum atomic E-state index is 12.5. The third-order valence-electron chi connectivity index (χ3n) is 4.56. The summed E-state index contributed by atoms with van der Waals surface area (Å²) >= 11 is 0. The average molecular weight is 382 g/mol. The quantitative estimate of drug-likeness (QED) is 0.702. The maximum absolute atomic E-state index is 12.5. The summed E-state index contributed by atoms with van der Waals surface area (Å²) < 4.78 is 26.5. The zero-order valence-electron chi connectivity index (χ0n) is 15.1. The van der Waals surface area contributed by atoms with E-state index < -0.39 is 16.0 Å². The van der Waals surface area contributed by atoms with E-state index in [0.29, 0.717) is 43.8 Å². The number of aliphatic carboxylic acids is 1. The first-order valence-electron chi connectivity index (χ1n) is 8.85. The second-order valence-corrected chi connectivity index (χ2v) is 8.51. The van der Waals surface area contributed by atoms with E-state index in [0.717, 1.165) is 18.4 Å². The first kappa shape index (κ1) is 20.4. The minimum Gasteiger partial charge on any atom is -0.481 e. The Labute approximate surface area is 154 Å². The van der Waals surface area contributed by atoms with Crippen LogP contribution in [-0.4, -0.2) is 61.3 Å². The van der Waals surface area contributed by atoms with Crippen LogP contribution < -0.4 is 0 Å². The predicted molar refractivity (Wildman–Crippen MR) is 97.3 cm³/mol. The number of aryl methyl sites for hydroxylation is 1. The Kier molecular flexibility index (Phi) is 7.16. The number of hydrogen-bond donors (Lipinski definition) is 1. The zero-order chi connectivity index (χ0) is 19.2. The molecular weight excluding hydrogens is 356 g/mol. The van der Waals surface area contributed by atoms with E-state index in [1.165, 1.54) is 9.21 Å². The highest BCUT2D eigenvalue weighted by Crippen LogP contribution is 2.21. The molecule has 1 aromatic carbocycles. The van der Waals surface area contributed by atoms with E-state index in [4.69, 9.17) is 5.11 Å². The summed E-state index contributed by atoms with van der Waals surface area (Å²) in [5, 5.41) is 8.62. The lowest BCUT2D eigenvalue weighted by atomic mass is 10.1. The molecule has 26 heavy (non-hydrogen) atoms. The highest BCUT2D eigenvalue weighted by atomic mass is 32.2. The van der Waals surface area contributed by atoms with E-state index >= 15 is 0 Å². The van der Waals surface area contributed by atoms with Gasteiger partial charge >= 0.3 is 5.97 Å². The van der Waals surface area contributed by atoms with Gasteiger partial charge in [-0.2, -0.15) is 4.31 Å². The van der Waals surface area contributed by atoms with Crippen molar-refractivity contribution in [2.24, 2.45) is 0 Å². The summed E-state index contributed by atoms with van der Waals surface area (Å²) in [6.45, 7) is 1.57. The number of carbonyl (C=O) groups excluding carboxylic acids is 1. The molecule has 0 bridgehead atoms. The topological polar surface area (TPSA) is 95.0 Å². The average Bonchev–Trinajstić information content (AvgIpc) is 3.15. The van der Waals surface area contributed by atoms with Crippen LogP contribution in [0, 0.1) is 0 Å². The zero-order valence-corrected chi connectivity index (χ0v) is 15.9. The maximum Gasteiger partial charge on any atom is 0.303 e. The monoisotopic (exact) mass is 382 g/mol. The van der Waals surface area contributed by atoms with Gasteiger partial charge in [0.05, 0.1) is 4.90 Å². The molecule has 1 saturated heterocycles. The van der Waals surface area contributed by atoms with Gasteiger partial charge in [-0.3, -0.25) is 9.59 Å². The number of carboxylic acid groups (broad SMARTS) is 1. The molecule has 0 spiro atoms. The Morgan fingerprint density at radius 3 is 2.31 bits per heavy atom. The number of rotatable bonds is 9. The van der Waals surface area contributed by atoms with E-state index in [-0.39, 0.29) is 12.3 Å². The van der Waals surface area contributed by atoms with Gasteiger partial charge in [0.2, 0.25) is 15.9 Å².